The third-order valence-electron chi connectivity index (χ3n) is 5.12. The molecule has 2 aliphatic heterocycles. The predicted molar refractivity (Wildman–Crippen MR) is 95.9 cm³/mol. The van der Waals surface area contributed by atoms with E-state index in [4.69, 9.17) is 4.74 Å². The van der Waals surface area contributed by atoms with Crippen molar-refractivity contribution in [2.45, 2.75) is 96.2 Å². The number of fused-ring (bicyclic) bond motifs is 2. The zero-order valence-corrected chi connectivity index (χ0v) is 15.6. The second-order valence-electron chi connectivity index (χ2n) is 8.30. The molecule has 2 atom stereocenters. The Bertz CT molecular complexity index is 452. The summed E-state index contributed by atoms with van der Waals surface area (Å²) in [5.74, 6) is 0.516. The van der Waals surface area contributed by atoms with Crippen molar-refractivity contribution in [1.29, 1.82) is 0 Å². The number of hydrogen-bond donors (Lipinski definition) is 0. The summed E-state index contributed by atoms with van der Waals surface area (Å²) in [5.41, 5.74) is -0.469. The van der Waals surface area contributed by atoms with Crippen LogP contribution in [0.15, 0.2) is 12.7 Å². The van der Waals surface area contributed by atoms with Crippen molar-refractivity contribution in [3.05, 3.63) is 12.7 Å². The Morgan fingerprint density at radius 2 is 1.79 bits per heavy atom. The van der Waals surface area contributed by atoms with Crippen molar-refractivity contribution in [2.75, 3.05) is 0 Å². The molecule has 0 aromatic rings. The molecule has 0 spiro atoms. The van der Waals surface area contributed by atoms with Crippen LogP contribution in [-0.4, -0.2) is 34.5 Å². The fraction of sp³-hybridized carbons (Fsp3) is 0.800. The van der Waals surface area contributed by atoms with Crippen molar-refractivity contribution < 1.29 is 14.3 Å². The lowest BCUT2D eigenvalue weighted by atomic mass is 9.76. The Kier molecular flexibility index (Phi) is 6.47. The number of rotatable bonds is 6. The van der Waals surface area contributed by atoms with Gasteiger partial charge >= 0.3 is 6.09 Å². The van der Waals surface area contributed by atoms with Crippen LogP contribution in [0.3, 0.4) is 0 Å². The molecule has 0 aromatic carbocycles. The third kappa shape index (κ3) is 5.09. The van der Waals surface area contributed by atoms with Gasteiger partial charge in [0.05, 0.1) is 0 Å². The minimum Gasteiger partial charge on any atom is -0.444 e. The zero-order chi connectivity index (χ0) is 17.7. The van der Waals surface area contributed by atoms with Gasteiger partial charge in [-0.1, -0.05) is 6.08 Å². The van der Waals surface area contributed by atoms with Crippen LogP contribution in [0, 0.1) is 5.92 Å². The number of piperidine rings is 2. The molecule has 0 aliphatic carbocycles. The highest BCUT2D eigenvalue weighted by molar-refractivity contribution is 5.81. The quantitative estimate of drug-likeness (QED) is 0.514. The number of hydrogen-bond acceptors (Lipinski definition) is 3. The van der Waals surface area contributed by atoms with E-state index in [0.29, 0.717) is 12.2 Å². The fourth-order valence-corrected chi connectivity index (χ4v) is 4.05. The van der Waals surface area contributed by atoms with Gasteiger partial charge in [0.1, 0.15) is 11.4 Å². The van der Waals surface area contributed by atoms with Crippen LogP contribution in [0.5, 0.6) is 0 Å². The molecule has 2 unspecified atom stereocenters. The molecule has 2 fully saturated rings. The average molecular weight is 335 g/mol. The number of amides is 1. The number of unbranched alkanes of at least 4 members (excludes halogenated alkanes) is 2. The summed E-state index contributed by atoms with van der Waals surface area (Å²) in [7, 11) is 0. The summed E-state index contributed by atoms with van der Waals surface area (Å²) >= 11 is 0. The number of ketones is 1. The molecule has 0 N–H and O–H groups in total. The second-order valence-corrected chi connectivity index (χ2v) is 8.30. The highest BCUT2D eigenvalue weighted by atomic mass is 16.6. The number of Topliss-reactive ketones (excluding diaryl/α,β-unsaturated/α-hetero) is 1. The molecule has 1 amide bonds. The van der Waals surface area contributed by atoms with Crippen molar-refractivity contribution in [3.8, 4) is 0 Å². The largest absolute Gasteiger partial charge is 0.444 e. The molecule has 0 saturated carbocycles. The Morgan fingerprint density at radius 3 is 2.33 bits per heavy atom. The van der Waals surface area contributed by atoms with Gasteiger partial charge in [0, 0.05) is 24.4 Å². The van der Waals surface area contributed by atoms with Crippen LogP contribution in [0.4, 0.5) is 4.79 Å². The van der Waals surface area contributed by atoms with Crippen LogP contribution in [-0.2, 0) is 9.53 Å². The van der Waals surface area contributed by atoms with Gasteiger partial charge < -0.3 is 9.64 Å². The molecule has 136 valence electrons. The summed E-state index contributed by atoms with van der Waals surface area (Å²) in [6.07, 6.45) is 10.1. The van der Waals surface area contributed by atoms with Gasteiger partial charge in [0.15, 0.2) is 0 Å². The Balaban J connectivity index is 1.93. The van der Waals surface area contributed by atoms with Gasteiger partial charge in [0.25, 0.3) is 0 Å². The molecule has 2 rings (SSSR count). The molecule has 24 heavy (non-hydrogen) atoms. The normalized spacial score (nSPS) is 26.8. The summed E-state index contributed by atoms with van der Waals surface area (Å²) in [5, 5.41) is 0. The minimum atomic E-state index is -0.469. The van der Waals surface area contributed by atoms with E-state index < -0.39 is 5.60 Å². The van der Waals surface area contributed by atoms with Crippen LogP contribution in [0.25, 0.3) is 0 Å². The minimum absolute atomic E-state index is 0.128. The number of nitrogens with zero attached hydrogens (tertiary/aromatic N) is 1. The van der Waals surface area contributed by atoms with Gasteiger partial charge in [-0.15, -0.1) is 6.58 Å². The highest BCUT2D eigenvalue weighted by Crippen LogP contribution is 2.38. The first-order chi connectivity index (χ1) is 11.3. The monoisotopic (exact) mass is 335 g/mol. The second kappa shape index (κ2) is 8.17. The van der Waals surface area contributed by atoms with E-state index >= 15 is 0 Å². The lowest BCUT2D eigenvalue weighted by Crippen LogP contribution is -2.56. The highest BCUT2D eigenvalue weighted by Gasteiger charge is 2.43. The van der Waals surface area contributed by atoms with Gasteiger partial charge in [-0.25, -0.2) is 4.79 Å². The van der Waals surface area contributed by atoms with Crippen LogP contribution in [0.2, 0.25) is 0 Å². The van der Waals surface area contributed by atoms with E-state index in [1.165, 1.54) is 0 Å². The summed E-state index contributed by atoms with van der Waals surface area (Å²) in [6.45, 7) is 9.43. The zero-order valence-electron chi connectivity index (χ0n) is 15.6. The number of allylic oxidation sites excluding steroid dienone is 1. The molecule has 0 radical (unpaired) electrons. The summed E-state index contributed by atoms with van der Waals surface area (Å²) in [4.78, 5) is 27.0. The molecule has 2 saturated heterocycles. The SMILES string of the molecule is C=CCCCCC(=O)C1CC2CCCC(C1)N2C(=O)OC(C)(C)C. The molecule has 4 nitrogen and oxygen atoms in total. The standard InChI is InChI=1S/C20H33NO3/c1-5-6-7-8-12-18(22)15-13-16-10-9-11-17(14-15)21(16)19(23)24-20(2,3)4/h5,15-17H,1,6-14H2,2-4H3. The molecule has 2 aliphatic rings. The van der Waals surface area contributed by atoms with E-state index in [1.54, 1.807) is 0 Å². The first-order valence-electron chi connectivity index (χ1n) is 9.46. The van der Waals surface area contributed by atoms with Gasteiger partial charge in [0.2, 0.25) is 0 Å². The maximum atomic E-state index is 12.6. The van der Waals surface area contributed by atoms with Crippen molar-refractivity contribution in [3.63, 3.8) is 0 Å². The third-order valence-corrected chi connectivity index (χ3v) is 5.12. The van der Waals surface area contributed by atoms with Gasteiger partial charge in [-0.05, 0) is 72.1 Å². The van der Waals surface area contributed by atoms with E-state index in [1.807, 2.05) is 31.7 Å². The average Bonchev–Trinajstić information content (AvgIpc) is 2.48. The molecular weight excluding hydrogens is 302 g/mol. The summed E-state index contributed by atoms with van der Waals surface area (Å²) in [6, 6.07) is 0.351. The maximum Gasteiger partial charge on any atom is 0.410 e. The van der Waals surface area contributed by atoms with Crippen molar-refractivity contribution >= 4 is 11.9 Å². The Hall–Kier alpha value is -1.32. The van der Waals surface area contributed by atoms with Crippen LogP contribution < -0.4 is 0 Å². The van der Waals surface area contributed by atoms with E-state index in [9.17, 15) is 9.59 Å². The van der Waals surface area contributed by atoms with Crippen molar-refractivity contribution in [1.82, 2.24) is 4.90 Å². The molecule has 4 heteroatoms. The fourth-order valence-electron chi connectivity index (χ4n) is 4.05. The maximum absolute atomic E-state index is 12.6. The van der Waals surface area contributed by atoms with E-state index in [0.717, 1.165) is 51.4 Å². The van der Waals surface area contributed by atoms with Gasteiger partial charge in [-0.3, -0.25) is 4.79 Å². The topological polar surface area (TPSA) is 46.6 Å². The Morgan fingerprint density at radius 1 is 1.17 bits per heavy atom. The summed E-state index contributed by atoms with van der Waals surface area (Å²) < 4.78 is 5.59. The first kappa shape index (κ1) is 19.0. The number of carbonyl (C=O) groups is 2. The number of carbonyl (C=O) groups excluding carboxylic acids is 2. The van der Waals surface area contributed by atoms with Crippen LogP contribution >= 0.6 is 0 Å². The lowest BCUT2D eigenvalue weighted by Gasteiger charge is -2.48. The van der Waals surface area contributed by atoms with E-state index in [-0.39, 0.29) is 24.1 Å². The molecule has 2 bridgehead atoms. The van der Waals surface area contributed by atoms with Crippen molar-refractivity contribution in [2.24, 2.45) is 5.92 Å². The number of ether oxygens (including phenoxy) is 1. The van der Waals surface area contributed by atoms with Crippen LogP contribution in [0.1, 0.15) is 78.6 Å². The molecule has 2 heterocycles. The van der Waals surface area contributed by atoms with E-state index in [2.05, 4.69) is 6.58 Å². The van der Waals surface area contributed by atoms with Gasteiger partial charge in [-0.2, -0.15) is 0 Å². The Labute approximate surface area is 146 Å². The molecular formula is C20H33NO3. The first-order valence-corrected chi connectivity index (χ1v) is 9.46. The molecule has 0 aromatic heterocycles. The predicted octanol–water partition coefficient (Wildman–Crippen LogP) is 4.87. The smallest absolute Gasteiger partial charge is 0.410 e. The lowest BCUT2D eigenvalue weighted by molar-refractivity contribution is -0.127.